The normalized spacial score (nSPS) is 11.5. The zero-order chi connectivity index (χ0) is 18.1. The van der Waals surface area contributed by atoms with Crippen molar-refractivity contribution in [2.24, 2.45) is 0 Å². The first-order valence-corrected chi connectivity index (χ1v) is 8.47. The van der Waals surface area contributed by atoms with Gasteiger partial charge in [0.15, 0.2) is 6.10 Å². The molecule has 1 unspecified atom stereocenters. The van der Waals surface area contributed by atoms with Crippen LogP contribution in [0.25, 0.3) is 0 Å². The summed E-state index contributed by atoms with van der Waals surface area (Å²) >= 11 is 0. The number of ether oxygens (including phenoxy) is 3. The fourth-order valence-corrected chi connectivity index (χ4v) is 2.40. The molecule has 2 aromatic carbocycles. The van der Waals surface area contributed by atoms with Crippen LogP contribution in [-0.4, -0.2) is 25.7 Å². The summed E-state index contributed by atoms with van der Waals surface area (Å²) in [4.78, 5) is 12.5. The maximum Gasteiger partial charge on any atom is 0.261 e. The molecule has 0 fully saturated rings. The van der Waals surface area contributed by atoms with Crippen LogP contribution in [0.1, 0.15) is 25.8 Å². The topological polar surface area (TPSA) is 56.8 Å². The molecular weight excluding hydrogens is 318 g/mol. The Morgan fingerprint density at radius 1 is 1.08 bits per heavy atom. The Morgan fingerprint density at radius 3 is 2.56 bits per heavy atom. The van der Waals surface area contributed by atoms with Crippen molar-refractivity contribution < 1.29 is 19.0 Å². The molecule has 1 amide bonds. The number of hydrogen-bond acceptors (Lipinski definition) is 4. The zero-order valence-electron chi connectivity index (χ0n) is 15.0. The summed E-state index contributed by atoms with van der Waals surface area (Å²) in [5.74, 6) is 1.93. The van der Waals surface area contributed by atoms with E-state index < -0.39 is 6.10 Å². The Kier molecular flexibility index (Phi) is 7.14. The van der Waals surface area contributed by atoms with E-state index in [0.717, 1.165) is 11.3 Å². The monoisotopic (exact) mass is 343 g/mol. The first kappa shape index (κ1) is 18.6. The molecule has 0 bridgehead atoms. The third-order valence-corrected chi connectivity index (χ3v) is 3.71. The number of hydrogen-bond donors (Lipinski definition) is 1. The minimum atomic E-state index is -0.564. The van der Waals surface area contributed by atoms with E-state index in [-0.39, 0.29) is 5.91 Å². The smallest absolute Gasteiger partial charge is 0.261 e. The Bertz CT molecular complexity index is 687. The molecule has 0 spiro atoms. The van der Waals surface area contributed by atoms with Crippen LogP contribution in [0.3, 0.4) is 0 Å². The molecule has 134 valence electrons. The van der Waals surface area contributed by atoms with E-state index in [9.17, 15) is 4.79 Å². The van der Waals surface area contributed by atoms with Gasteiger partial charge in [0.2, 0.25) is 0 Å². The van der Waals surface area contributed by atoms with Crippen LogP contribution < -0.4 is 19.5 Å². The number of amides is 1. The van der Waals surface area contributed by atoms with Crippen molar-refractivity contribution in [3.63, 3.8) is 0 Å². The summed E-state index contributed by atoms with van der Waals surface area (Å²) < 4.78 is 16.6. The second-order valence-corrected chi connectivity index (χ2v) is 5.45. The molecule has 0 aromatic heterocycles. The van der Waals surface area contributed by atoms with Gasteiger partial charge in [-0.05, 0) is 31.5 Å². The maximum absolute atomic E-state index is 12.5. The predicted octanol–water partition coefficient (Wildman–Crippen LogP) is 3.57. The molecular formula is C20H25NO4. The van der Waals surface area contributed by atoms with Crippen LogP contribution in [-0.2, 0) is 11.3 Å². The second kappa shape index (κ2) is 9.57. The molecule has 0 aliphatic carbocycles. The van der Waals surface area contributed by atoms with Gasteiger partial charge in [-0.25, -0.2) is 0 Å². The Hall–Kier alpha value is -2.69. The number of benzene rings is 2. The van der Waals surface area contributed by atoms with Gasteiger partial charge in [0.05, 0.1) is 13.7 Å². The quantitative estimate of drug-likeness (QED) is 0.756. The van der Waals surface area contributed by atoms with Crippen LogP contribution in [0.2, 0.25) is 0 Å². The lowest BCUT2D eigenvalue weighted by molar-refractivity contribution is -0.128. The summed E-state index contributed by atoms with van der Waals surface area (Å²) in [7, 11) is 1.60. The van der Waals surface area contributed by atoms with Gasteiger partial charge in [-0.15, -0.1) is 0 Å². The van der Waals surface area contributed by atoms with Crippen molar-refractivity contribution in [2.45, 2.75) is 32.9 Å². The first-order valence-electron chi connectivity index (χ1n) is 8.47. The molecule has 0 radical (unpaired) electrons. The average molecular weight is 343 g/mol. The Morgan fingerprint density at radius 2 is 1.84 bits per heavy atom. The van der Waals surface area contributed by atoms with Gasteiger partial charge in [0.1, 0.15) is 17.2 Å². The van der Waals surface area contributed by atoms with Crippen LogP contribution in [0.5, 0.6) is 17.2 Å². The highest BCUT2D eigenvalue weighted by Gasteiger charge is 2.18. The van der Waals surface area contributed by atoms with Crippen molar-refractivity contribution in [3.8, 4) is 17.2 Å². The van der Waals surface area contributed by atoms with E-state index in [4.69, 9.17) is 14.2 Å². The molecule has 0 aliphatic heterocycles. The summed E-state index contributed by atoms with van der Waals surface area (Å²) in [5.41, 5.74) is 0.939. The van der Waals surface area contributed by atoms with Crippen molar-refractivity contribution in [1.29, 1.82) is 0 Å². The minimum Gasteiger partial charge on any atom is -0.497 e. The lowest BCUT2D eigenvalue weighted by Gasteiger charge is -2.18. The molecule has 0 saturated heterocycles. The SMILES string of the molecule is CCOc1ccccc1CNC(=O)C(CC)Oc1cccc(OC)c1. The van der Waals surface area contributed by atoms with Crippen LogP contribution in [0.15, 0.2) is 48.5 Å². The highest BCUT2D eigenvalue weighted by Crippen LogP contribution is 2.21. The predicted molar refractivity (Wildman–Crippen MR) is 97.2 cm³/mol. The summed E-state index contributed by atoms with van der Waals surface area (Å²) in [6.45, 7) is 4.83. The van der Waals surface area contributed by atoms with E-state index in [2.05, 4.69) is 5.32 Å². The molecule has 2 aromatic rings. The van der Waals surface area contributed by atoms with Gasteiger partial charge in [-0.1, -0.05) is 31.2 Å². The summed E-state index contributed by atoms with van der Waals surface area (Å²) in [6.07, 6.45) is 0.00207. The fourth-order valence-electron chi connectivity index (χ4n) is 2.40. The average Bonchev–Trinajstić information content (AvgIpc) is 2.65. The molecule has 5 heteroatoms. The van der Waals surface area contributed by atoms with E-state index in [1.54, 1.807) is 13.2 Å². The Balaban J connectivity index is 1.98. The first-order chi connectivity index (χ1) is 12.2. The van der Waals surface area contributed by atoms with Crippen molar-refractivity contribution in [1.82, 2.24) is 5.32 Å². The molecule has 1 atom stereocenters. The van der Waals surface area contributed by atoms with Gasteiger partial charge in [-0.2, -0.15) is 0 Å². The molecule has 0 saturated carbocycles. The van der Waals surface area contributed by atoms with Crippen LogP contribution >= 0.6 is 0 Å². The highest BCUT2D eigenvalue weighted by atomic mass is 16.5. The number of carbonyl (C=O) groups excluding carboxylic acids is 1. The van der Waals surface area contributed by atoms with Crippen LogP contribution in [0.4, 0.5) is 0 Å². The molecule has 0 heterocycles. The van der Waals surface area contributed by atoms with Gasteiger partial charge in [0, 0.05) is 18.2 Å². The summed E-state index contributed by atoms with van der Waals surface area (Å²) in [5, 5.41) is 2.92. The number of methoxy groups -OCH3 is 1. The van der Waals surface area contributed by atoms with E-state index in [1.807, 2.05) is 56.3 Å². The standard InChI is InChI=1S/C20H25NO4/c1-4-18(25-17-11-8-10-16(13-17)23-3)20(22)21-14-15-9-6-7-12-19(15)24-5-2/h6-13,18H,4-5,14H2,1-3H3,(H,21,22). The van der Waals surface area contributed by atoms with Crippen molar-refractivity contribution >= 4 is 5.91 Å². The maximum atomic E-state index is 12.5. The minimum absolute atomic E-state index is 0.156. The van der Waals surface area contributed by atoms with E-state index in [0.29, 0.717) is 31.1 Å². The fraction of sp³-hybridized carbons (Fsp3) is 0.350. The molecule has 2 rings (SSSR count). The molecule has 1 N–H and O–H groups in total. The molecule has 5 nitrogen and oxygen atoms in total. The van der Waals surface area contributed by atoms with Gasteiger partial charge >= 0.3 is 0 Å². The second-order valence-electron chi connectivity index (χ2n) is 5.45. The van der Waals surface area contributed by atoms with Crippen LogP contribution in [0, 0.1) is 0 Å². The number of rotatable bonds is 9. The Labute approximate surface area is 148 Å². The lowest BCUT2D eigenvalue weighted by atomic mass is 10.2. The van der Waals surface area contributed by atoms with Crippen molar-refractivity contribution in [2.75, 3.05) is 13.7 Å². The third kappa shape index (κ3) is 5.41. The zero-order valence-corrected chi connectivity index (χ0v) is 15.0. The molecule has 0 aliphatic rings. The lowest BCUT2D eigenvalue weighted by Crippen LogP contribution is -2.37. The van der Waals surface area contributed by atoms with Gasteiger partial charge in [0.25, 0.3) is 5.91 Å². The van der Waals surface area contributed by atoms with Crippen molar-refractivity contribution in [3.05, 3.63) is 54.1 Å². The number of carbonyl (C=O) groups is 1. The largest absolute Gasteiger partial charge is 0.497 e. The van der Waals surface area contributed by atoms with Gasteiger partial charge < -0.3 is 19.5 Å². The number of nitrogens with one attached hydrogen (secondary N) is 1. The van der Waals surface area contributed by atoms with E-state index in [1.165, 1.54) is 0 Å². The summed E-state index contributed by atoms with van der Waals surface area (Å²) in [6, 6.07) is 14.9. The highest BCUT2D eigenvalue weighted by molar-refractivity contribution is 5.81. The third-order valence-electron chi connectivity index (χ3n) is 3.71. The number of para-hydroxylation sites is 1. The van der Waals surface area contributed by atoms with E-state index >= 15 is 0 Å². The van der Waals surface area contributed by atoms with Gasteiger partial charge in [-0.3, -0.25) is 4.79 Å². The molecule has 25 heavy (non-hydrogen) atoms.